The summed E-state index contributed by atoms with van der Waals surface area (Å²) in [5, 5.41) is 15.2. The van der Waals surface area contributed by atoms with Crippen molar-refractivity contribution in [1.29, 1.82) is 0 Å². The van der Waals surface area contributed by atoms with Gasteiger partial charge >= 0.3 is 5.97 Å². The van der Waals surface area contributed by atoms with E-state index in [0.717, 1.165) is 12.8 Å². The van der Waals surface area contributed by atoms with Gasteiger partial charge in [0.15, 0.2) is 0 Å². The fraction of sp³-hybridized carbons (Fsp3) is 0.542. The van der Waals surface area contributed by atoms with E-state index in [1.54, 1.807) is 11.5 Å². The molecule has 1 saturated heterocycles. The van der Waals surface area contributed by atoms with Crippen molar-refractivity contribution in [2.24, 2.45) is 5.92 Å². The van der Waals surface area contributed by atoms with Crippen molar-refractivity contribution >= 4 is 45.8 Å². The number of hydrogen-bond acceptors (Lipinski definition) is 7. The quantitative estimate of drug-likeness (QED) is 0.345. The number of pyridine rings is 1. The second-order valence-electron chi connectivity index (χ2n) is 9.78. The van der Waals surface area contributed by atoms with E-state index in [0.29, 0.717) is 25.0 Å². The fourth-order valence-corrected chi connectivity index (χ4v) is 5.41. The van der Waals surface area contributed by atoms with Crippen LogP contribution in [-0.2, 0) is 9.53 Å². The molecule has 2 aromatic rings. The van der Waals surface area contributed by atoms with Crippen molar-refractivity contribution in [2.75, 3.05) is 24.6 Å². The van der Waals surface area contributed by atoms with Gasteiger partial charge in [-0.2, -0.15) is 0 Å². The highest BCUT2D eigenvalue weighted by Gasteiger charge is 2.39. The smallest absolute Gasteiger partial charge is 0.343 e. The highest BCUT2D eigenvalue weighted by atomic mass is 35.5. The number of halogens is 1. The molecule has 2 aliphatic rings. The Balaban J connectivity index is 1.88. The zero-order valence-corrected chi connectivity index (χ0v) is 21.0. The van der Waals surface area contributed by atoms with E-state index in [4.69, 9.17) is 16.3 Å². The number of nitrogens with one attached hydrogen (secondary N) is 1. The summed E-state index contributed by atoms with van der Waals surface area (Å²) in [6.45, 7) is 8.03. The minimum Gasteiger partial charge on any atom is -0.462 e. The number of benzene rings is 1. The lowest BCUT2D eigenvalue weighted by molar-refractivity contribution is -0.384. The van der Waals surface area contributed by atoms with E-state index in [2.05, 4.69) is 5.32 Å². The van der Waals surface area contributed by atoms with Crippen LogP contribution in [0.25, 0.3) is 10.9 Å². The van der Waals surface area contributed by atoms with Gasteiger partial charge in [0.05, 0.1) is 27.5 Å². The van der Waals surface area contributed by atoms with Gasteiger partial charge in [0.2, 0.25) is 11.3 Å². The molecular formula is C24H29ClN4O6. The summed E-state index contributed by atoms with van der Waals surface area (Å²) < 4.78 is 6.82. The molecule has 0 unspecified atom stereocenters. The van der Waals surface area contributed by atoms with Crippen molar-refractivity contribution in [1.82, 2.24) is 9.88 Å². The van der Waals surface area contributed by atoms with Crippen LogP contribution in [-0.4, -0.2) is 46.6 Å². The Morgan fingerprint density at radius 2 is 2.00 bits per heavy atom. The molecule has 35 heavy (non-hydrogen) atoms. The Morgan fingerprint density at radius 1 is 1.31 bits per heavy atom. The lowest BCUT2D eigenvalue weighted by Gasteiger charge is -2.32. The molecule has 1 aromatic carbocycles. The third kappa shape index (κ3) is 4.59. The zero-order valence-electron chi connectivity index (χ0n) is 20.2. The van der Waals surface area contributed by atoms with Gasteiger partial charge in [-0.3, -0.25) is 19.7 Å². The zero-order chi connectivity index (χ0) is 25.7. The van der Waals surface area contributed by atoms with Crippen molar-refractivity contribution in [3.8, 4) is 0 Å². The first-order chi connectivity index (χ1) is 16.5. The largest absolute Gasteiger partial charge is 0.462 e. The molecule has 2 heterocycles. The molecular weight excluding hydrogens is 476 g/mol. The molecule has 0 spiro atoms. The molecule has 10 nitrogen and oxygen atoms in total. The first-order valence-corrected chi connectivity index (χ1v) is 12.1. The van der Waals surface area contributed by atoms with Crippen LogP contribution in [0.4, 0.5) is 11.4 Å². The number of carbonyl (C=O) groups is 2. The van der Waals surface area contributed by atoms with Crippen LogP contribution < -0.4 is 15.6 Å². The van der Waals surface area contributed by atoms with Crippen molar-refractivity contribution in [2.45, 2.75) is 58.5 Å². The highest BCUT2D eigenvalue weighted by molar-refractivity contribution is 6.38. The van der Waals surface area contributed by atoms with Gasteiger partial charge in [-0.15, -0.1) is 0 Å². The number of nitro groups is 1. The second kappa shape index (κ2) is 9.14. The first kappa shape index (κ1) is 25.0. The number of amides is 1. The minimum atomic E-state index is -0.765. The van der Waals surface area contributed by atoms with E-state index in [-0.39, 0.29) is 51.8 Å². The number of nitro benzene ring substituents is 1. The molecule has 1 amide bonds. The number of anilines is 1. The van der Waals surface area contributed by atoms with E-state index in [9.17, 15) is 24.5 Å². The number of ether oxygens (including phenoxy) is 1. The van der Waals surface area contributed by atoms with E-state index in [1.165, 1.54) is 19.2 Å². The maximum absolute atomic E-state index is 13.2. The van der Waals surface area contributed by atoms with Gasteiger partial charge in [-0.05, 0) is 40.0 Å². The molecule has 1 N–H and O–H groups in total. The van der Waals surface area contributed by atoms with E-state index in [1.807, 2.05) is 18.7 Å². The summed E-state index contributed by atoms with van der Waals surface area (Å²) in [4.78, 5) is 50.8. The Hall–Kier alpha value is -3.14. The predicted molar refractivity (Wildman–Crippen MR) is 132 cm³/mol. The van der Waals surface area contributed by atoms with Crippen molar-refractivity contribution < 1.29 is 19.2 Å². The van der Waals surface area contributed by atoms with Gasteiger partial charge < -0.3 is 19.5 Å². The number of aromatic nitrogens is 1. The van der Waals surface area contributed by atoms with Crippen LogP contribution in [0.1, 0.15) is 63.4 Å². The van der Waals surface area contributed by atoms with Crippen LogP contribution >= 0.6 is 11.6 Å². The van der Waals surface area contributed by atoms with Crippen LogP contribution in [0.15, 0.2) is 17.1 Å². The van der Waals surface area contributed by atoms with Crippen molar-refractivity contribution in [3.05, 3.63) is 43.2 Å². The molecule has 0 radical (unpaired) electrons. The molecule has 1 aromatic heterocycles. The SMILES string of the molecule is CCOC(=O)c1cn(C2CC2)c2c(Cl)c(N3CC[C@H](C(C)(C)NC(C)=O)C3)c([N+](=O)[O-])cc2c1=O. The standard InChI is InChI=1S/C24H29ClN4O6/c1-5-35-23(32)17-12-28(15-6-7-15)20-16(22(17)31)10-18(29(33)34)21(19(20)25)27-9-8-14(11-27)24(3,4)26-13(2)30/h10,12,14-15H,5-9,11H2,1-4H3,(H,26,30)/t14-/m0/s1. The van der Waals surface area contributed by atoms with Gasteiger partial charge in [0.1, 0.15) is 11.3 Å². The number of carbonyl (C=O) groups excluding carboxylic acids is 2. The highest BCUT2D eigenvalue weighted by Crippen LogP contribution is 2.46. The maximum atomic E-state index is 13.2. The minimum absolute atomic E-state index is 0.0252. The normalized spacial score (nSPS) is 18.1. The van der Waals surface area contributed by atoms with Crippen LogP contribution in [0.5, 0.6) is 0 Å². The number of esters is 1. The van der Waals surface area contributed by atoms with Crippen LogP contribution in [0, 0.1) is 16.0 Å². The van der Waals surface area contributed by atoms with E-state index >= 15 is 0 Å². The van der Waals surface area contributed by atoms with Gasteiger partial charge in [-0.25, -0.2) is 4.79 Å². The molecule has 2 fully saturated rings. The number of fused-ring (bicyclic) bond motifs is 1. The Morgan fingerprint density at radius 3 is 2.57 bits per heavy atom. The maximum Gasteiger partial charge on any atom is 0.343 e. The molecule has 1 aliphatic heterocycles. The van der Waals surface area contributed by atoms with Crippen LogP contribution in [0.2, 0.25) is 5.02 Å². The average Bonchev–Trinajstić information content (AvgIpc) is 3.48. The van der Waals surface area contributed by atoms with E-state index < -0.39 is 21.9 Å². The van der Waals surface area contributed by atoms with Gasteiger partial charge in [0, 0.05) is 49.8 Å². The van der Waals surface area contributed by atoms with Gasteiger partial charge in [0.25, 0.3) is 5.69 Å². The van der Waals surface area contributed by atoms with Crippen molar-refractivity contribution in [3.63, 3.8) is 0 Å². The molecule has 11 heteroatoms. The molecule has 1 saturated carbocycles. The lowest BCUT2D eigenvalue weighted by Crippen LogP contribution is -2.49. The first-order valence-electron chi connectivity index (χ1n) is 11.7. The Kier molecular flexibility index (Phi) is 6.52. The number of nitrogens with zero attached hydrogens (tertiary/aromatic N) is 3. The second-order valence-corrected chi connectivity index (χ2v) is 10.2. The summed E-state index contributed by atoms with van der Waals surface area (Å²) in [5.74, 6) is -0.872. The topological polar surface area (TPSA) is 124 Å². The summed E-state index contributed by atoms with van der Waals surface area (Å²) in [6, 6.07) is 1.27. The Labute approximate surface area is 207 Å². The summed E-state index contributed by atoms with van der Waals surface area (Å²) in [6.07, 6.45) is 3.86. The average molecular weight is 505 g/mol. The number of hydrogen-bond donors (Lipinski definition) is 1. The molecule has 188 valence electrons. The summed E-state index contributed by atoms with van der Waals surface area (Å²) >= 11 is 6.87. The number of rotatable bonds is 7. The molecule has 0 bridgehead atoms. The van der Waals surface area contributed by atoms with Crippen LogP contribution in [0.3, 0.4) is 0 Å². The third-order valence-corrected chi connectivity index (χ3v) is 7.22. The fourth-order valence-electron chi connectivity index (χ4n) is 4.99. The predicted octanol–water partition coefficient (Wildman–Crippen LogP) is 3.82. The lowest BCUT2D eigenvalue weighted by atomic mass is 9.86. The monoisotopic (exact) mass is 504 g/mol. The molecule has 1 atom stereocenters. The molecule has 1 aliphatic carbocycles. The summed E-state index contributed by atoms with van der Waals surface area (Å²) in [5.41, 5.74) is -0.967. The van der Waals surface area contributed by atoms with Gasteiger partial charge in [-0.1, -0.05) is 11.6 Å². The summed E-state index contributed by atoms with van der Waals surface area (Å²) in [7, 11) is 0. The Bertz CT molecular complexity index is 1280. The molecule has 4 rings (SSSR count). The third-order valence-electron chi connectivity index (χ3n) is 6.87.